The monoisotopic (exact) mass is 217 g/mol. The Kier molecular flexibility index (Phi) is 7.07. The molecule has 0 heterocycles. The number of carbonyl (C=O) groups excluding carboxylic acids is 1. The number of hydrogen-bond donors (Lipinski definition) is 3. The zero-order valence-electron chi connectivity index (χ0n) is 9.93. The predicted octanol–water partition coefficient (Wildman–Crippen LogP) is 0.450. The van der Waals surface area contributed by atoms with Crippen molar-refractivity contribution >= 4 is 6.03 Å². The number of nitrogens with one attached hydrogen (secondary N) is 2. The van der Waals surface area contributed by atoms with Gasteiger partial charge in [0.15, 0.2) is 0 Å². The van der Waals surface area contributed by atoms with Gasteiger partial charge in [0.25, 0.3) is 0 Å². The summed E-state index contributed by atoms with van der Waals surface area (Å²) >= 11 is 0. The highest BCUT2D eigenvalue weighted by Gasteiger charge is 2.12. The van der Waals surface area contributed by atoms with Crippen molar-refractivity contribution in [3.8, 4) is 0 Å². The van der Waals surface area contributed by atoms with Crippen molar-refractivity contribution in [1.82, 2.24) is 10.6 Å². The molecule has 0 fully saturated rings. The molecule has 0 spiro atoms. The minimum absolute atomic E-state index is 0.138. The first-order chi connectivity index (χ1) is 6.95. The second-order valence-corrected chi connectivity index (χ2v) is 4.39. The van der Waals surface area contributed by atoms with Crippen LogP contribution in [-0.2, 0) is 4.74 Å². The number of urea groups is 1. The first-order valence-electron chi connectivity index (χ1n) is 5.29. The largest absolute Gasteiger partial charge is 0.380 e. The molecule has 0 rings (SSSR count). The highest BCUT2D eigenvalue weighted by Crippen LogP contribution is 1.97. The van der Waals surface area contributed by atoms with E-state index < -0.39 is 0 Å². The molecule has 0 saturated carbocycles. The van der Waals surface area contributed by atoms with Gasteiger partial charge in [-0.15, -0.1) is 0 Å². The molecule has 0 atom stereocenters. The third-order valence-corrected chi connectivity index (χ3v) is 1.50. The Balaban J connectivity index is 3.32. The Labute approximate surface area is 91.7 Å². The minimum Gasteiger partial charge on any atom is -0.380 e. The lowest BCUT2D eigenvalue weighted by Crippen LogP contribution is -2.46. The van der Waals surface area contributed by atoms with Crippen LogP contribution < -0.4 is 16.4 Å². The summed E-state index contributed by atoms with van der Waals surface area (Å²) in [6.45, 7) is 8.19. The fourth-order valence-electron chi connectivity index (χ4n) is 0.946. The third kappa shape index (κ3) is 11.1. The van der Waals surface area contributed by atoms with Gasteiger partial charge in [-0.1, -0.05) is 0 Å². The summed E-state index contributed by atoms with van der Waals surface area (Å²) in [6, 6.07) is -0.138. The molecule has 15 heavy (non-hydrogen) atoms. The van der Waals surface area contributed by atoms with Crippen molar-refractivity contribution in [2.45, 2.75) is 32.7 Å². The molecule has 0 aliphatic carbocycles. The highest BCUT2D eigenvalue weighted by atomic mass is 16.5. The molecule has 0 saturated heterocycles. The van der Waals surface area contributed by atoms with Crippen LogP contribution in [0.25, 0.3) is 0 Å². The fraction of sp³-hybridized carbons (Fsp3) is 0.900. The molecule has 0 unspecified atom stereocenters. The molecule has 5 nitrogen and oxygen atoms in total. The topological polar surface area (TPSA) is 76.4 Å². The summed E-state index contributed by atoms with van der Waals surface area (Å²) in [5, 5.41) is 5.57. The molecule has 0 aromatic rings. The van der Waals surface area contributed by atoms with Gasteiger partial charge in [-0.05, 0) is 27.2 Å². The van der Waals surface area contributed by atoms with E-state index in [9.17, 15) is 4.79 Å². The van der Waals surface area contributed by atoms with Crippen molar-refractivity contribution < 1.29 is 9.53 Å². The molecule has 0 bridgehead atoms. The molecule has 0 aromatic carbocycles. The number of carbonyl (C=O) groups is 1. The molecular weight excluding hydrogens is 194 g/mol. The van der Waals surface area contributed by atoms with Crippen LogP contribution in [0.15, 0.2) is 0 Å². The fourth-order valence-corrected chi connectivity index (χ4v) is 0.946. The zero-order valence-corrected chi connectivity index (χ0v) is 9.93. The van der Waals surface area contributed by atoms with Gasteiger partial charge >= 0.3 is 6.03 Å². The molecular formula is C10H23N3O2. The number of amides is 2. The van der Waals surface area contributed by atoms with E-state index in [1.54, 1.807) is 0 Å². The lowest BCUT2D eigenvalue weighted by molar-refractivity contribution is 0.139. The van der Waals surface area contributed by atoms with Gasteiger partial charge in [-0.3, -0.25) is 0 Å². The lowest BCUT2D eigenvalue weighted by Gasteiger charge is -2.20. The molecule has 0 aromatic heterocycles. The van der Waals surface area contributed by atoms with Gasteiger partial charge in [0, 0.05) is 25.2 Å². The third-order valence-electron chi connectivity index (χ3n) is 1.50. The van der Waals surface area contributed by atoms with E-state index in [0.717, 1.165) is 6.42 Å². The number of nitrogens with two attached hydrogens (primary N) is 1. The van der Waals surface area contributed by atoms with Gasteiger partial charge in [-0.25, -0.2) is 4.79 Å². The summed E-state index contributed by atoms with van der Waals surface area (Å²) < 4.78 is 5.17. The maximum absolute atomic E-state index is 11.3. The summed E-state index contributed by atoms with van der Waals surface area (Å²) in [5.41, 5.74) is 5.06. The van der Waals surface area contributed by atoms with Crippen molar-refractivity contribution in [1.29, 1.82) is 0 Å². The van der Waals surface area contributed by atoms with E-state index in [0.29, 0.717) is 26.3 Å². The van der Waals surface area contributed by atoms with Crippen LogP contribution in [0.4, 0.5) is 4.79 Å². The van der Waals surface area contributed by atoms with Crippen LogP contribution in [0.2, 0.25) is 0 Å². The van der Waals surface area contributed by atoms with Gasteiger partial charge < -0.3 is 21.1 Å². The zero-order chi connectivity index (χ0) is 11.7. The van der Waals surface area contributed by atoms with Crippen LogP contribution in [0.5, 0.6) is 0 Å². The standard InChI is InChI=1S/C10H23N3O2/c1-10(2,3)13-9(14)12-6-4-7-15-8-5-11/h4-8,11H2,1-3H3,(H2,12,13,14). The van der Waals surface area contributed by atoms with Crippen LogP contribution in [0, 0.1) is 0 Å². The number of rotatable bonds is 6. The predicted molar refractivity (Wildman–Crippen MR) is 60.8 cm³/mol. The second-order valence-electron chi connectivity index (χ2n) is 4.39. The van der Waals surface area contributed by atoms with Crippen molar-refractivity contribution in [2.24, 2.45) is 5.73 Å². The van der Waals surface area contributed by atoms with Crippen LogP contribution in [0.3, 0.4) is 0 Å². The van der Waals surface area contributed by atoms with E-state index in [4.69, 9.17) is 10.5 Å². The highest BCUT2D eigenvalue weighted by molar-refractivity contribution is 5.74. The van der Waals surface area contributed by atoms with E-state index in [2.05, 4.69) is 10.6 Å². The number of hydrogen-bond acceptors (Lipinski definition) is 3. The molecule has 5 heteroatoms. The first kappa shape index (κ1) is 14.2. The second kappa shape index (κ2) is 7.48. The van der Waals surface area contributed by atoms with Crippen LogP contribution >= 0.6 is 0 Å². The summed E-state index contributed by atoms with van der Waals surface area (Å²) in [5.74, 6) is 0. The number of ether oxygens (including phenoxy) is 1. The Bertz CT molecular complexity index is 178. The Morgan fingerprint density at radius 1 is 1.33 bits per heavy atom. The molecule has 0 aliphatic heterocycles. The molecule has 2 amide bonds. The van der Waals surface area contributed by atoms with Crippen LogP contribution in [-0.4, -0.2) is 37.9 Å². The van der Waals surface area contributed by atoms with Crippen LogP contribution in [0.1, 0.15) is 27.2 Å². The molecule has 0 radical (unpaired) electrons. The SMILES string of the molecule is CC(C)(C)NC(=O)NCCCOCCN. The summed E-state index contributed by atoms with van der Waals surface area (Å²) in [7, 11) is 0. The Morgan fingerprint density at radius 2 is 2.00 bits per heavy atom. The molecule has 90 valence electrons. The van der Waals surface area contributed by atoms with Gasteiger partial charge in [-0.2, -0.15) is 0 Å². The van der Waals surface area contributed by atoms with Crippen molar-refractivity contribution in [2.75, 3.05) is 26.3 Å². The van der Waals surface area contributed by atoms with Crippen molar-refractivity contribution in [3.05, 3.63) is 0 Å². The minimum atomic E-state index is -0.194. The molecule has 0 aliphatic rings. The summed E-state index contributed by atoms with van der Waals surface area (Å²) in [6.07, 6.45) is 0.803. The van der Waals surface area contributed by atoms with E-state index in [1.165, 1.54) is 0 Å². The lowest BCUT2D eigenvalue weighted by atomic mass is 10.1. The van der Waals surface area contributed by atoms with E-state index >= 15 is 0 Å². The smallest absolute Gasteiger partial charge is 0.315 e. The Morgan fingerprint density at radius 3 is 2.53 bits per heavy atom. The average Bonchev–Trinajstić information content (AvgIpc) is 2.08. The molecule has 4 N–H and O–H groups in total. The first-order valence-corrected chi connectivity index (χ1v) is 5.29. The average molecular weight is 217 g/mol. The van der Waals surface area contributed by atoms with E-state index in [-0.39, 0.29) is 11.6 Å². The van der Waals surface area contributed by atoms with E-state index in [1.807, 2.05) is 20.8 Å². The van der Waals surface area contributed by atoms with Gasteiger partial charge in [0.1, 0.15) is 0 Å². The van der Waals surface area contributed by atoms with Gasteiger partial charge in [0.05, 0.1) is 6.61 Å². The quantitative estimate of drug-likeness (QED) is 0.565. The normalized spacial score (nSPS) is 11.2. The Hall–Kier alpha value is -0.810. The van der Waals surface area contributed by atoms with Gasteiger partial charge in [0.2, 0.25) is 0 Å². The maximum atomic E-state index is 11.3. The maximum Gasteiger partial charge on any atom is 0.315 e. The van der Waals surface area contributed by atoms with Crippen molar-refractivity contribution in [3.63, 3.8) is 0 Å². The summed E-state index contributed by atoms with van der Waals surface area (Å²) in [4.78, 5) is 11.3.